The van der Waals surface area contributed by atoms with E-state index in [4.69, 9.17) is 4.74 Å². The van der Waals surface area contributed by atoms with E-state index in [9.17, 15) is 14.9 Å². The van der Waals surface area contributed by atoms with Crippen molar-refractivity contribution in [1.82, 2.24) is 0 Å². The number of carbonyl (C=O) groups excluding carboxylic acids is 1. The summed E-state index contributed by atoms with van der Waals surface area (Å²) in [5, 5.41) is 13.6. The Labute approximate surface area is 124 Å². The molecule has 1 rings (SSSR count). The quantitative estimate of drug-likeness (QED) is 0.584. The summed E-state index contributed by atoms with van der Waals surface area (Å²) >= 11 is 0. The number of amides is 1. The van der Waals surface area contributed by atoms with Crippen molar-refractivity contribution >= 4 is 17.3 Å². The van der Waals surface area contributed by atoms with E-state index in [0.717, 1.165) is 25.7 Å². The molecule has 0 fully saturated rings. The molecular weight excluding hydrogens is 272 g/mol. The van der Waals surface area contributed by atoms with Crippen LogP contribution in [0.1, 0.15) is 39.5 Å². The van der Waals surface area contributed by atoms with E-state index in [-0.39, 0.29) is 17.5 Å². The number of hydrogen-bond acceptors (Lipinski definition) is 4. The molecule has 0 aliphatic carbocycles. The van der Waals surface area contributed by atoms with E-state index >= 15 is 0 Å². The SMILES string of the molecule is CCCC[C@H](CC)C(=O)Nc1cc([N+](=O)[O-])ccc1OC. The first-order valence-corrected chi connectivity index (χ1v) is 7.16. The lowest BCUT2D eigenvalue weighted by Crippen LogP contribution is -2.22. The molecule has 116 valence electrons. The fraction of sp³-hybridized carbons (Fsp3) is 0.533. The number of non-ortho nitro benzene ring substituents is 1. The number of hydrogen-bond donors (Lipinski definition) is 1. The Morgan fingerprint density at radius 2 is 2.14 bits per heavy atom. The largest absolute Gasteiger partial charge is 0.495 e. The molecular formula is C15H22N2O4. The molecule has 0 saturated carbocycles. The minimum absolute atomic E-state index is 0.0762. The van der Waals surface area contributed by atoms with Gasteiger partial charge in [-0.05, 0) is 18.9 Å². The Morgan fingerprint density at radius 3 is 2.67 bits per heavy atom. The first-order valence-electron chi connectivity index (χ1n) is 7.16. The molecule has 0 unspecified atom stereocenters. The van der Waals surface area contributed by atoms with Crippen molar-refractivity contribution in [3.63, 3.8) is 0 Å². The molecule has 6 heteroatoms. The third kappa shape index (κ3) is 4.73. The minimum Gasteiger partial charge on any atom is -0.495 e. The Kier molecular flexibility index (Phi) is 6.65. The van der Waals surface area contributed by atoms with E-state index in [0.29, 0.717) is 11.4 Å². The van der Waals surface area contributed by atoms with Crippen LogP contribution in [0.15, 0.2) is 18.2 Å². The maximum absolute atomic E-state index is 12.3. The number of methoxy groups -OCH3 is 1. The molecule has 1 N–H and O–H groups in total. The van der Waals surface area contributed by atoms with Crippen LogP contribution in [-0.4, -0.2) is 17.9 Å². The standard InChI is InChI=1S/C15H22N2O4/c1-4-6-7-11(5-2)15(18)16-13-10-12(17(19)20)8-9-14(13)21-3/h8-11H,4-7H2,1-3H3,(H,16,18)/t11-/m0/s1. The van der Waals surface area contributed by atoms with Crippen molar-refractivity contribution in [2.45, 2.75) is 39.5 Å². The lowest BCUT2D eigenvalue weighted by Gasteiger charge is -2.16. The molecule has 6 nitrogen and oxygen atoms in total. The minimum atomic E-state index is -0.497. The van der Waals surface area contributed by atoms with E-state index in [1.807, 2.05) is 6.92 Å². The Bertz CT molecular complexity index is 502. The Hall–Kier alpha value is -2.11. The van der Waals surface area contributed by atoms with Gasteiger partial charge in [0.25, 0.3) is 5.69 Å². The molecule has 0 aromatic heterocycles. The van der Waals surface area contributed by atoms with Gasteiger partial charge in [0.1, 0.15) is 5.75 Å². The molecule has 1 aromatic carbocycles. The summed E-state index contributed by atoms with van der Waals surface area (Å²) in [7, 11) is 1.46. The van der Waals surface area contributed by atoms with Crippen LogP contribution in [0, 0.1) is 16.0 Å². The highest BCUT2D eigenvalue weighted by atomic mass is 16.6. The molecule has 0 bridgehead atoms. The highest BCUT2D eigenvalue weighted by Crippen LogP contribution is 2.29. The summed E-state index contributed by atoms with van der Waals surface area (Å²) in [6, 6.07) is 4.16. The normalized spacial score (nSPS) is 11.8. The molecule has 1 aromatic rings. The summed E-state index contributed by atoms with van der Waals surface area (Å²) in [5.74, 6) is 0.206. The highest BCUT2D eigenvalue weighted by Gasteiger charge is 2.19. The molecule has 0 spiro atoms. The smallest absolute Gasteiger partial charge is 0.271 e. The van der Waals surface area contributed by atoms with Crippen molar-refractivity contribution < 1.29 is 14.5 Å². The molecule has 21 heavy (non-hydrogen) atoms. The second-order valence-electron chi connectivity index (χ2n) is 4.88. The van der Waals surface area contributed by atoms with Gasteiger partial charge >= 0.3 is 0 Å². The van der Waals surface area contributed by atoms with E-state index < -0.39 is 4.92 Å². The van der Waals surface area contributed by atoms with Gasteiger partial charge in [-0.25, -0.2) is 0 Å². The molecule has 0 heterocycles. The van der Waals surface area contributed by atoms with Crippen LogP contribution >= 0.6 is 0 Å². The molecule has 0 aliphatic rings. The van der Waals surface area contributed by atoms with E-state index in [1.165, 1.54) is 25.3 Å². The predicted octanol–water partition coefficient (Wildman–Crippen LogP) is 3.76. The summed E-state index contributed by atoms with van der Waals surface area (Å²) in [4.78, 5) is 22.6. The number of ether oxygens (including phenoxy) is 1. The topological polar surface area (TPSA) is 81.5 Å². The maximum Gasteiger partial charge on any atom is 0.271 e. The second-order valence-corrected chi connectivity index (χ2v) is 4.88. The Morgan fingerprint density at radius 1 is 1.43 bits per heavy atom. The average Bonchev–Trinajstić information content (AvgIpc) is 2.47. The molecule has 0 radical (unpaired) electrons. The summed E-state index contributed by atoms with van der Waals surface area (Å²) in [6.45, 7) is 4.04. The van der Waals surface area contributed by atoms with Gasteiger partial charge in [0.05, 0.1) is 17.7 Å². The lowest BCUT2D eigenvalue weighted by molar-refractivity contribution is -0.384. The average molecular weight is 294 g/mol. The first kappa shape index (κ1) is 16.9. The van der Waals surface area contributed by atoms with Gasteiger partial charge in [0, 0.05) is 18.1 Å². The van der Waals surface area contributed by atoms with Crippen LogP contribution in [0.3, 0.4) is 0 Å². The number of nitro groups is 1. The van der Waals surface area contributed by atoms with Crippen LogP contribution < -0.4 is 10.1 Å². The summed E-state index contributed by atoms with van der Waals surface area (Å²) in [6.07, 6.45) is 3.57. The second kappa shape index (κ2) is 8.24. The van der Waals surface area contributed by atoms with E-state index in [2.05, 4.69) is 12.2 Å². The van der Waals surface area contributed by atoms with Gasteiger partial charge in [-0.15, -0.1) is 0 Å². The molecule has 1 amide bonds. The fourth-order valence-corrected chi connectivity index (χ4v) is 2.11. The van der Waals surface area contributed by atoms with Crippen LogP contribution in [0.5, 0.6) is 5.75 Å². The Balaban J connectivity index is 2.91. The zero-order chi connectivity index (χ0) is 15.8. The van der Waals surface area contributed by atoms with Crippen LogP contribution in [-0.2, 0) is 4.79 Å². The third-order valence-corrected chi connectivity index (χ3v) is 3.42. The summed E-state index contributed by atoms with van der Waals surface area (Å²) < 4.78 is 5.14. The van der Waals surface area contributed by atoms with Gasteiger partial charge in [0.2, 0.25) is 5.91 Å². The fourth-order valence-electron chi connectivity index (χ4n) is 2.11. The number of benzene rings is 1. The van der Waals surface area contributed by atoms with Gasteiger partial charge in [-0.2, -0.15) is 0 Å². The first-order chi connectivity index (χ1) is 10.0. The van der Waals surface area contributed by atoms with Crippen LogP contribution in [0.25, 0.3) is 0 Å². The predicted molar refractivity (Wildman–Crippen MR) is 81.6 cm³/mol. The zero-order valence-electron chi connectivity index (χ0n) is 12.7. The van der Waals surface area contributed by atoms with Crippen LogP contribution in [0.2, 0.25) is 0 Å². The van der Waals surface area contributed by atoms with Gasteiger partial charge in [0.15, 0.2) is 0 Å². The van der Waals surface area contributed by atoms with Crippen LogP contribution in [0.4, 0.5) is 11.4 Å². The highest BCUT2D eigenvalue weighted by molar-refractivity contribution is 5.94. The van der Waals surface area contributed by atoms with Crippen molar-refractivity contribution in [3.8, 4) is 5.75 Å². The van der Waals surface area contributed by atoms with Gasteiger partial charge in [-0.1, -0.05) is 26.7 Å². The molecule has 0 aliphatic heterocycles. The van der Waals surface area contributed by atoms with Crippen molar-refractivity contribution in [2.75, 3.05) is 12.4 Å². The van der Waals surface area contributed by atoms with Gasteiger partial charge < -0.3 is 10.1 Å². The lowest BCUT2D eigenvalue weighted by atomic mass is 9.98. The zero-order valence-corrected chi connectivity index (χ0v) is 12.7. The number of unbranched alkanes of at least 4 members (excludes halogenated alkanes) is 1. The summed E-state index contributed by atoms with van der Waals surface area (Å²) in [5.41, 5.74) is 0.263. The number of nitrogens with one attached hydrogen (secondary N) is 1. The van der Waals surface area contributed by atoms with Gasteiger partial charge in [-0.3, -0.25) is 14.9 Å². The van der Waals surface area contributed by atoms with Crippen molar-refractivity contribution in [3.05, 3.63) is 28.3 Å². The number of nitro benzene ring substituents is 1. The third-order valence-electron chi connectivity index (χ3n) is 3.42. The monoisotopic (exact) mass is 294 g/mol. The maximum atomic E-state index is 12.3. The number of rotatable bonds is 8. The van der Waals surface area contributed by atoms with Crippen molar-refractivity contribution in [2.24, 2.45) is 5.92 Å². The number of nitrogens with zero attached hydrogens (tertiary/aromatic N) is 1. The number of carbonyl (C=O) groups is 1. The number of anilines is 1. The molecule has 0 saturated heterocycles. The van der Waals surface area contributed by atoms with E-state index in [1.54, 1.807) is 0 Å². The molecule has 1 atom stereocenters. The van der Waals surface area contributed by atoms with Crippen molar-refractivity contribution in [1.29, 1.82) is 0 Å².